The standard InChI is InChI=1S/C22H15BrFN3O2S/c1-13-11-14(23)4-9-19(13)27-21(29)18(20(28)25-22(27)30)12-17-3-2-10-26(17)16-7-5-15(24)6-8-16/h2-12H,1H3,(H,25,28,30)/b18-12-. The number of halogens is 2. The lowest BCUT2D eigenvalue weighted by Crippen LogP contribution is -2.54. The van der Waals surface area contributed by atoms with Gasteiger partial charge in [0, 0.05) is 22.1 Å². The number of amides is 2. The molecule has 4 rings (SSSR count). The maximum atomic E-state index is 13.3. The van der Waals surface area contributed by atoms with Crippen molar-refractivity contribution in [3.05, 3.63) is 87.9 Å². The molecule has 0 atom stereocenters. The molecular weight excluding hydrogens is 469 g/mol. The fraction of sp³-hybridized carbons (Fsp3) is 0.0455. The van der Waals surface area contributed by atoms with Gasteiger partial charge in [-0.3, -0.25) is 19.8 Å². The van der Waals surface area contributed by atoms with E-state index in [2.05, 4.69) is 21.2 Å². The molecule has 0 unspecified atom stereocenters. The molecule has 1 N–H and O–H groups in total. The molecule has 8 heteroatoms. The number of nitrogens with zero attached hydrogens (tertiary/aromatic N) is 2. The number of nitrogens with one attached hydrogen (secondary N) is 1. The first-order chi connectivity index (χ1) is 14.3. The predicted molar refractivity (Wildman–Crippen MR) is 121 cm³/mol. The number of hydrogen-bond donors (Lipinski definition) is 1. The number of carbonyl (C=O) groups excluding carboxylic acids is 2. The third kappa shape index (κ3) is 3.71. The fourth-order valence-corrected chi connectivity index (χ4v) is 3.99. The molecule has 5 nitrogen and oxygen atoms in total. The Labute approximate surface area is 185 Å². The Morgan fingerprint density at radius 2 is 1.83 bits per heavy atom. The van der Waals surface area contributed by atoms with Gasteiger partial charge in [0.25, 0.3) is 11.8 Å². The van der Waals surface area contributed by atoms with Crippen molar-refractivity contribution in [2.24, 2.45) is 0 Å². The van der Waals surface area contributed by atoms with Gasteiger partial charge in [-0.15, -0.1) is 0 Å². The number of rotatable bonds is 3. The van der Waals surface area contributed by atoms with Crippen molar-refractivity contribution in [1.82, 2.24) is 9.88 Å². The molecular formula is C22H15BrFN3O2S. The highest BCUT2D eigenvalue weighted by atomic mass is 79.9. The van der Waals surface area contributed by atoms with E-state index in [1.165, 1.54) is 23.1 Å². The third-order valence-electron chi connectivity index (χ3n) is 4.68. The van der Waals surface area contributed by atoms with E-state index in [4.69, 9.17) is 12.2 Å². The largest absolute Gasteiger partial charge is 0.317 e. The molecule has 0 radical (unpaired) electrons. The predicted octanol–water partition coefficient (Wildman–Crippen LogP) is 4.52. The summed E-state index contributed by atoms with van der Waals surface area (Å²) in [5, 5.41) is 2.62. The highest BCUT2D eigenvalue weighted by Gasteiger charge is 2.35. The van der Waals surface area contributed by atoms with Gasteiger partial charge in [-0.2, -0.15) is 0 Å². The molecule has 2 amide bonds. The fourth-order valence-electron chi connectivity index (χ4n) is 3.24. The average Bonchev–Trinajstić information content (AvgIpc) is 3.15. The van der Waals surface area contributed by atoms with Crippen LogP contribution in [0.4, 0.5) is 10.1 Å². The summed E-state index contributed by atoms with van der Waals surface area (Å²) in [7, 11) is 0. The monoisotopic (exact) mass is 483 g/mol. The number of aryl methyl sites for hydroxylation is 1. The summed E-state index contributed by atoms with van der Waals surface area (Å²) < 4.78 is 15.9. The highest BCUT2D eigenvalue weighted by Crippen LogP contribution is 2.28. The molecule has 2 aromatic carbocycles. The first-order valence-corrected chi connectivity index (χ1v) is 10.2. The number of thiocarbonyl (C=S) groups is 1. The van der Waals surface area contributed by atoms with Crippen LogP contribution in [0.2, 0.25) is 0 Å². The van der Waals surface area contributed by atoms with Crippen LogP contribution in [0.1, 0.15) is 11.3 Å². The Morgan fingerprint density at radius 3 is 2.53 bits per heavy atom. The summed E-state index contributed by atoms with van der Waals surface area (Å²) in [6, 6.07) is 14.9. The summed E-state index contributed by atoms with van der Waals surface area (Å²) in [6.45, 7) is 1.86. The van der Waals surface area contributed by atoms with E-state index >= 15 is 0 Å². The van der Waals surface area contributed by atoms with E-state index in [-0.39, 0.29) is 16.5 Å². The second-order valence-electron chi connectivity index (χ2n) is 6.67. The van der Waals surface area contributed by atoms with Crippen LogP contribution in [0.3, 0.4) is 0 Å². The molecule has 30 heavy (non-hydrogen) atoms. The summed E-state index contributed by atoms with van der Waals surface area (Å²) in [4.78, 5) is 27.1. The van der Waals surface area contributed by atoms with Crippen LogP contribution in [0, 0.1) is 12.7 Å². The highest BCUT2D eigenvalue weighted by molar-refractivity contribution is 9.10. The second kappa shape index (κ2) is 7.97. The zero-order valence-electron chi connectivity index (χ0n) is 15.7. The van der Waals surface area contributed by atoms with Crippen LogP contribution in [0.15, 0.2) is 70.8 Å². The summed E-state index contributed by atoms with van der Waals surface area (Å²) in [5.41, 5.74) is 2.67. The van der Waals surface area contributed by atoms with Gasteiger partial charge in [0.15, 0.2) is 5.11 Å². The van der Waals surface area contributed by atoms with E-state index < -0.39 is 11.8 Å². The van der Waals surface area contributed by atoms with Gasteiger partial charge < -0.3 is 4.57 Å². The average molecular weight is 484 g/mol. The zero-order valence-corrected chi connectivity index (χ0v) is 18.1. The molecule has 1 aromatic heterocycles. The Morgan fingerprint density at radius 1 is 1.10 bits per heavy atom. The van der Waals surface area contributed by atoms with Crippen LogP contribution >= 0.6 is 28.1 Å². The van der Waals surface area contributed by atoms with Gasteiger partial charge in [-0.1, -0.05) is 15.9 Å². The number of benzene rings is 2. The molecule has 150 valence electrons. The van der Waals surface area contributed by atoms with E-state index in [0.717, 1.165) is 10.0 Å². The van der Waals surface area contributed by atoms with Crippen LogP contribution < -0.4 is 10.2 Å². The SMILES string of the molecule is Cc1cc(Br)ccc1N1C(=O)/C(=C\c2cccn2-c2ccc(F)cc2)C(=O)NC1=S. The Hall–Kier alpha value is -3.10. The summed E-state index contributed by atoms with van der Waals surface area (Å²) in [6.07, 6.45) is 3.27. The minimum atomic E-state index is -0.567. The van der Waals surface area contributed by atoms with E-state index in [9.17, 15) is 14.0 Å². The second-order valence-corrected chi connectivity index (χ2v) is 7.97. The van der Waals surface area contributed by atoms with Crippen molar-refractivity contribution < 1.29 is 14.0 Å². The number of carbonyl (C=O) groups is 2. The number of aromatic nitrogens is 1. The van der Waals surface area contributed by atoms with Crippen molar-refractivity contribution in [2.45, 2.75) is 6.92 Å². The molecule has 1 fully saturated rings. The smallest absolute Gasteiger partial charge is 0.270 e. The van der Waals surface area contributed by atoms with Gasteiger partial charge in [0.2, 0.25) is 0 Å². The van der Waals surface area contributed by atoms with E-state index in [1.54, 1.807) is 47.2 Å². The number of anilines is 1. The molecule has 0 bridgehead atoms. The van der Waals surface area contributed by atoms with Gasteiger partial charge in [0.1, 0.15) is 11.4 Å². The molecule has 2 heterocycles. The molecule has 0 aliphatic carbocycles. The Bertz CT molecular complexity index is 1220. The third-order valence-corrected chi connectivity index (χ3v) is 5.46. The molecule has 1 aliphatic rings. The molecule has 0 saturated carbocycles. The lowest BCUT2D eigenvalue weighted by atomic mass is 10.1. The topological polar surface area (TPSA) is 54.3 Å². The first-order valence-electron chi connectivity index (χ1n) is 8.96. The minimum absolute atomic E-state index is 0.0292. The maximum Gasteiger partial charge on any atom is 0.270 e. The molecule has 1 saturated heterocycles. The quantitative estimate of drug-likeness (QED) is 0.338. The Kier molecular flexibility index (Phi) is 5.36. The van der Waals surface area contributed by atoms with Gasteiger partial charge >= 0.3 is 0 Å². The van der Waals surface area contributed by atoms with Gasteiger partial charge in [-0.25, -0.2) is 4.39 Å². The summed E-state index contributed by atoms with van der Waals surface area (Å²) >= 11 is 8.67. The lowest BCUT2D eigenvalue weighted by molar-refractivity contribution is -0.122. The van der Waals surface area contributed by atoms with Crippen LogP contribution in [0.25, 0.3) is 11.8 Å². The van der Waals surface area contributed by atoms with Crippen molar-refractivity contribution in [2.75, 3.05) is 4.90 Å². The Balaban J connectivity index is 1.76. The molecule has 0 spiro atoms. The van der Waals surface area contributed by atoms with Crippen molar-refractivity contribution in [3.63, 3.8) is 0 Å². The van der Waals surface area contributed by atoms with Gasteiger partial charge in [-0.05, 0) is 85.4 Å². The zero-order chi connectivity index (χ0) is 21.4. The van der Waals surface area contributed by atoms with E-state index in [1.807, 2.05) is 13.0 Å². The molecule has 1 aliphatic heterocycles. The van der Waals surface area contributed by atoms with E-state index in [0.29, 0.717) is 17.1 Å². The summed E-state index contributed by atoms with van der Waals surface area (Å²) in [5.74, 6) is -1.43. The number of hydrogen-bond acceptors (Lipinski definition) is 3. The van der Waals surface area contributed by atoms with Gasteiger partial charge in [0.05, 0.1) is 5.69 Å². The van der Waals surface area contributed by atoms with Crippen molar-refractivity contribution >= 4 is 56.8 Å². The van der Waals surface area contributed by atoms with Crippen molar-refractivity contribution in [3.8, 4) is 5.69 Å². The minimum Gasteiger partial charge on any atom is -0.317 e. The normalized spacial score (nSPS) is 15.6. The van der Waals surface area contributed by atoms with Crippen LogP contribution in [0.5, 0.6) is 0 Å². The maximum absolute atomic E-state index is 13.3. The lowest BCUT2D eigenvalue weighted by Gasteiger charge is -2.30. The van der Waals surface area contributed by atoms with Crippen LogP contribution in [-0.4, -0.2) is 21.5 Å². The van der Waals surface area contributed by atoms with Crippen LogP contribution in [-0.2, 0) is 9.59 Å². The van der Waals surface area contributed by atoms with Crippen molar-refractivity contribution in [1.29, 1.82) is 0 Å². The first kappa shape index (κ1) is 20.2. The molecule has 3 aromatic rings.